The first kappa shape index (κ1) is 26.4. The maximum Gasteiger partial charge on any atom is 0.280 e. The van der Waals surface area contributed by atoms with E-state index in [9.17, 15) is 13.2 Å². The zero-order valence-corrected chi connectivity index (χ0v) is 23.5. The van der Waals surface area contributed by atoms with E-state index in [1.165, 1.54) is 44.9 Å². The summed E-state index contributed by atoms with van der Waals surface area (Å²) in [7, 11) is -2.09. The molecule has 1 fully saturated rings. The number of amides is 1. The number of rotatable bonds is 7. The van der Waals surface area contributed by atoms with Crippen molar-refractivity contribution in [2.24, 2.45) is 5.10 Å². The van der Waals surface area contributed by atoms with E-state index in [-0.39, 0.29) is 10.5 Å². The molecule has 0 unspecified atom stereocenters. The second-order valence-corrected chi connectivity index (χ2v) is 12.1. The fourth-order valence-electron chi connectivity index (χ4n) is 3.80. The Morgan fingerprint density at radius 2 is 1.82 bits per heavy atom. The number of hydrogen-bond donors (Lipinski definition) is 0. The molecule has 1 amide bonds. The number of ether oxygens (including phenoxy) is 2. The van der Waals surface area contributed by atoms with E-state index in [1.807, 2.05) is 36.4 Å². The summed E-state index contributed by atoms with van der Waals surface area (Å²) >= 11 is 4.71. The molecular weight excluding hydrogens is 592 g/mol. The minimum absolute atomic E-state index is 0.118. The summed E-state index contributed by atoms with van der Waals surface area (Å²) in [6.45, 7) is 1.30. The Morgan fingerprint density at radius 3 is 2.50 bits per heavy atom. The maximum absolute atomic E-state index is 13.7. The summed E-state index contributed by atoms with van der Waals surface area (Å²) in [6, 6.07) is 18.8. The van der Waals surface area contributed by atoms with Gasteiger partial charge in [0.1, 0.15) is 5.75 Å². The normalized spacial score (nSPS) is 14.7. The number of halogens is 1. The second-order valence-electron chi connectivity index (χ2n) is 8.28. The van der Waals surface area contributed by atoms with Crippen molar-refractivity contribution < 1.29 is 22.7 Å². The lowest BCUT2D eigenvalue weighted by Gasteiger charge is -2.26. The Kier molecular flexibility index (Phi) is 7.86. The fourth-order valence-corrected chi connectivity index (χ4v) is 6.42. The molecule has 5 rings (SSSR count). The van der Waals surface area contributed by atoms with Gasteiger partial charge in [0.25, 0.3) is 5.91 Å². The van der Waals surface area contributed by atoms with Crippen molar-refractivity contribution in [3.05, 3.63) is 82.3 Å². The average Bonchev–Trinajstić information content (AvgIpc) is 3.37. The Morgan fingerprint density at radius 1 is 1.11 bits per heavy atom. The highest BCUT2D eigenvalue weighted by Crippen LogP contribution is 2.32. The van der Waals surface area contributed by atoms with Crippen LogP contribution in [0.5, 0.6) is 5.75 Å². The predicted octanol–water partition coefficient (Wildman–Crippen LogP) is 4.77. The quantitative estimate of drug-likeness (QED) is 0.219. The third-order valence-corrected chi connectivity index (χ3v) is 9.29. The van der Waals surface area contributed by atoms with Gasteiger partial charge in [-0.05, 0) is 60.2 Å². The molecule has 0 N–H and O–H groups in total. The van der Waals surface area contributed by atoms with E-state index in [0.29, 0.717) is 42.7 Å². The van der Waals surface area contributed by atoms with Gasteiger partial charge in [0.15, 0.2) is 0 Å². The molecule has 38 heavy (non-hydrogen) atoms. The van der Waals surface area contributed by atoms with Crippen LogP contribution >= 0.6 is 27.3 Å². The molecule has 3 aromatic carbocycles. The number of hydrogen-bond acceptors (Lipinski definition) is 8. The van der Waals surface area contributed by atoms with E-state index in [1.54, 1.807) is 19.4 Å². The van der Waals surface area contributed by atoms with Crippen molar-refractivity contribution in [2.75, 3.05) is 38.4 Å². The second kappa shape index (κ2) is 11.3. The highest BCUT2D eigenvalue weighted by atomic mass is 79.9. The van der Waals surface area contributed by atoms with Crippen LogP contribution in [0.15, 0.2) is 81.2 Å². The SMILES string of the molecule is COc1ccc2nc(N(/N=C/c3ccc(Br)cc3)C(=O)c3ccc(S(=O)(=O)N4CCOCC4)cc3)sc2c1. The lowest BCUT2D eigenvalue weighted by atomic mass is 10.2. The van der Waals surface area contributed by atoms with Gasteiger partial charge in [0, 0.05) is 23.1 Å². The van der Waals surface area contributed by atoms with Gasteiger partial charge in [-0.2, -0.15) is 14.4 Å². The molecule has 1 aliphatic heterocycles. The molecule has 4 aromatic rings. The first-order valence-electron chi connectivity index (χ1n) is 11.6. The van der Waals surface area contributed by atoms with E-state index in [4.69, 9.17) is 9.47 Å². The summed E-state index contributed by atoms with van der Waals surface area (Å²) in [5, 5.41) is 6.07. The number of aromatic nitrogens is 1. The molecule has 12 heteroatoms. The molecule has 0 radical (unpaired) electrons. The molecule has 9 nitrogen and oxygen atoms in total. The number of anilines is 1. The third kappa shape index (κ3) is 5.64. The highest BCUT2D eigenvalue weighted by molar-refractivity contribution is 9.10. The van der Waals surface area contributed by atoms with E-state index in [0.717, 1.165) is 14.7 Å². The molecule has 0 bridgehead atoms. The smallest absolute Gasteiger partial charge is 0.280 e. The summed E-state index contributed by atoms with van der Waals surface area (Å²) in [5.74, 6) is 0.237. The Balaban J connectivity index is 1.48. The number of benzene rings is 3. The van der Waals surface area contributed by atoms with Crippen LogP contribution in [0, 0.1) is 0 Å². The van der Waals surface area contributed by atoms with Crippen molar-refractivity contribution in [2.45, 2.75) is 4.90 Å². The van der Waals surface area contributed by atoms with Gasteiger partial charge in [-0.25, -0.2) is 13.4 Å². The number of carbonyl (C=O) groups excluding carboxylic acids is 1. The van der Waals surface area contributed by atoms with Crippen LogP contribution in [0.1, 0.15) is 15.9 Å². The highest BCUT2D eigenvalue weighted by Gasteiger charge is 2.27. The molecule has 0 saturated carbocycles. The molecule has 1 aromatic heterocycles. The average molecular weight is 616 g/mol. The zero-order chi connectivity index (χ0) is 26.7. The largest absolute Gasteiger partial charge is 0.497 e. The number of fused-ring (bicyclic) bond motifs is 1. The summed E-state index contributed by atoms with van der Waals surface area (Å²) < 4.78 is 39.7. The Bertz CT molecular complexity index is 1580. The zero-order valence-electron chi connectivity index (χ0n) is 20.3. The van der Waals surface area contributed by atoms with Gasteiger partial charge in [-0.15, -0.1) is 0 Å². The van der Waals surface area contributed by atoms with E-state index < -0.39 is 15.9 Å². The Labute approximate surface area is 232 Å². The molecule has 1 saturated heterocycles. The van der Waals surface area contributed by atoms with Gasteiger partial charge in [0.2, 0.25) is 15.2 Å². The maximum atomic E-state index is 13.7. The van der Waals surface area contributed by atoms with Crippen molar-refractivity contribution in [1.29, 1.82) is 0 Å². The van der Waals surface area contributed by atoms with Gasteiger partial charge < -0.3 is 9.47 Å². The van der Waals surface area contributed by atoms with Crippen molar-refractivity contribution in [3.63, 3.8) is 0 Å². The van der Waals surface area contributed by atoms with Crippen molar-refractivity contribution >= 4 is 64.8 Å². The Hall–Kier alpha value is -3.16. The fraction of sp³-hybridized carbons (Fsp3) is 0.192. The van der Waals surface area contributed by atoms with Crippen molar-refractivity contribution in [3.8, 4) is 5.75 Å². The minimum atomic E-state index is -3.68. The van der Waals surface area contributed by atoms with Crippen LogP contribution in [-0.4, -0.2) is 63.2 Å². The van der Waals surface area contributed by atoms with E-state index in [2.05, 4.69) is 26.0 Å². The monoisotopic (exact) mass is 614 g/mol. The van der Waals surface area contributed by atoms with Crippen LogP contribution in [0.25, 0.3) is 10.2 Å². The summed E-state index contributed by atoms with van der Waals surface area (Å²) in [4.78, 5) is 18.4. The predicted molar refractivity (Wildman–Crippen MR) is 151 cm³/mol. The number of methoxy groups -OCH3 is 1. The topological polar surface area (TPSA) is 101 Å². The van der Waals surface area contributed by atoms with Crippen LogP contribution < -0.4 is 9.75 Å². The molecule has 0 atom stereocenters. The third-order valence-electron chi connectivity index (χ3n) is 5.86. The van der Waals surface area contributed by atoms with Crippen LogP contribution in [0.2, 0.25) is 0 Å². The molecule has 196 valence electrons. The standard InChI is InChI=1S/C26H23BrN4O5S2/c1-35-21-8-11-23-24(16-21)37-26(29-23)31(28-17-18-2-6-20(27)7-3-18)25(32)19-4-9-22(10-5-19)38(33,34)30-12-14-36-15-13-30/h2-11,16-17H,12-15H2,1H3/b28-17+. The molecule has 0 aliphatic carbocycles. The van der Waals surface area contributed by atoms with Gasteiger partial charge in [0.05, 0.1) is 41.7 Å². The molecule has 1 aliphatic rings. The van der Waals surface area contributed by atoms with Gasteiger partial charge in [-0.3, -0.25) is 4.79 Å². The van der Waals surface area contributed by atoms with Crippen LogP contribution in [0.3, 0.4) is 0 Å². The number of thiazole rings is 1. The lowest BCUT2D eigenvalue weighted by Crippen LogP contribution is -2.40. The molecular formula is C26H23BrN4O5S2. The van der Waals surface area contributed by atoms with Crippen LogP contribution in [0.4, 0.5) is 5.13 Å². The summed E-state index contributed by atoms with van der Waals surface area (Å²) in [6.07, 6.45) is 1.58. The first-order chi connectivity index (χ1) is 18.3. The minimum Gasteiger partial charge on any atom is -0.497 e. The number of nitrogens with zero attached hydrogens (tertiary/aromatic N) is 4. The number of morpholine rings is 1. The van der Waals surface area contributed by atoms with Crippen molar-refractivity contribution in [1.82, 2.24) is 9.29 Å². The lowest BCUT2D eigenvalue weighted by molar-refractivity contribution is 0.0730. The van der Waals surface area contributed by atoms with E-state index >= 15 is 0 Å². The number of hydrazone groups is 1. The molecule has 0 spiro atoms. The van der Waals surface area contributed by atoms with Gasteiger partial charge >= 0.3 is 0 Å². The first-order valence-corrected chi connectivity index (χ1v) is 14.7. The number of carbonyl (C=O) groups is 1. The number of sulfonamides is 1. The summed E-state index contributed by atoms with van der Waals surface area (Å²) in [5.41, 5.74) is 1.77. The van der Waals surface area contributed by atoms with Crippen LogP contribution in [-0.2, 0) is 14.8 Å². The van der Waals surface area contributed by atoms with Gasteiger partial charge in [-0.1, -0.05) is 39.4 Å². The molecule has 2 heterocycles.